The predicted octanol–water partition coefficient (Wildman–Crippen LogP) is 3.08. The van der Waals surface area contributed by atoms with Crippen LogP contribution >= 0.6 is 24.0 Å². The Morgan fingerprint density at radius 1 is 1.32 bits per heavy atom. The highest BCUT2D eigenvalue weighted by Gasteiger charge is 2.33. The Hall–Kier alpha value is -1.10. The van der Waals surface area contributed by atoms with Crippen LogP contribution in [0.1, 0.15) is 17.5 Å². The van der Waals surface area contributed by atoms with Crippen molar-refractivity contribution in [3.63, 3.8) is 0 Å². The van der Waals surface area contributed by atoms with Crippen LogP contribution in [0.4, 0.5) is 17.6 Å². The standard InChI is InChI=1S/C16H22F4N4.HI/c1-21-15(22-8-11-5-6-24(2)10-11)23-9-12-3-4-13(17)7-14(12)16(18,19)20;/h3-4,7,11H,5-6,8-10H2,1-2H3,(H2,21,22,23);1H. The summed E-state index contributed by atoms with van der Waals surface area (Å²) in [6, 6.07) is 2.68. The monoisotopic (exact) mass is 474 g/mol. The van der Waals surface area contributed by atoms with Crippen LogP contribution in [0, 0.1) is 11.7 Å². The zero-order chi connectivity index (χ0) is 17.7. The second-order valence-electron chi connectivity index (χ2n) is 6.02. The van der Waals surface area contributed by atoms with Gasteiger partial charge in [0.05, 0.1) is 5.56 Å². The largest absolute Gasteiger partial charge is 0.416 e. The van der Waals surface area contributed by atoms with Gasteiger partial charge in [0.25, 0.3) is 0 Å². The van der Waals surface area contributed by atoms with E-state index in [-0.39, 0.29) is 36.1 Å². The summed E-state index contributed by atoms with van der Waals surface area (Å²) < 4.78 is 52.0. The Balaban J connectivity index is 0.00000312. The van der Waals surface area contributed by atoms with E-state index in [1.54, 1.807) is 7.05 Å². The van der Waals surface area contributed by atoms with Crippen LogP contribution in [0.5, 0.6) is 0 Å². The zero-order valence-electron chi connectivity index (χ0n) is 14.2. The van der Waals surface area contributed by atoms with Crippen molar-refractivity contribution < 1.29 is 17.6 Å². The van der Waals surface area contributed by atoms with E-state index < -0.39 is 17.6 Å². The van der Waals surface area contributed by atoms with Gasteiger partial charge in [-0.2, -0.15) is 13.2 Å². The van der Waals surface area contributed by atoms with Gasteiger partial charge >= 0.3 is 6.18 Å². The number of aliphatic imine (C=N–C) groups is 1. The molecule has 2 N–H and O–H groups in total. The molecule has 2 rings (SSSR count). The Bertz CT molecular complexity index is 592. The number of benzene rings is 1. The van der Waals surface area contributed by atoms with Crippen molar-refractivity contribution in [2.45, 2.75) is 19.1 Å². The van der Waals surface area contributed by atoms with E-state index in [2.05, 4.69) is 27.6 Å². The molecule has 1 heterocycles. The first-order valence-electron chi connectivity index (χ1n) is 7.78. The van der Waals surface area contributed by atoms with Gasteiger partial charge in [0.2, 0.25) is 0 Å². The molecule has 1 atom stereocenters. The number of hydrogen-bond donors (Lipinski definition) is 2. The van der Waals surface area contributed by atoms with E-state index in [1.165, 1.54) is 0 Å². The van der Waals surface area contributed by atoms with Gasteiger partial charge < -0.3 is 15.5 Å². The van der Waals surface area contributed by atoms with Crippen molar-refractivity contribution in [3.05, 3.63) is 35.1 Å². The predicted molar refractivity (Wildman–Crippen MR) is 101 cm³/mol. The summed E-state index contributed by atoms with van der Waals surface area (Å²) >= 11 is 0. The third kappa shape index (κ3) is 6.61. The number of guanidine groups is 1. The van der Waals surface area contributed by atoms with Crippen molar-refractivity contribution in [2.24, 2.45) is 10.9 Å². The summed E-state index contributed by atoms with van der Waals surface area (Å²) in [5, 5.41) is 5.98. The average Bonchev–Trinajstić information content (AvgIpc) is 2.93. The number of alkyl halides is 3. The van der Waals surface area contributed by atoms with Gasteiger partial charge in [0.1, 0.15) is 5.82 Å². The Morgan fingerprint density at radius 3 is 2.60 bits per heavy atom. The van der Waals surface area contributed by atoms with Crippen LogP contribution < -0.4 is 10.6 Å². The lowest BCUT2D eigenvalue weighted by molar-refractivity contribution is -0.138. The van der Waals surface area contributed by atoms with Gasteiger partial charge in [-0.15, -0.1) is 24.0 Å². The molecule has 1 aliphatic heterocycles. The lowest BCUT2D eigenvalue weighted by Gasteiger charge is -2.17. The van der Waals surface area contributed by atoms with Crippen LogP contribution in [0.15, 0.2) is 23.2 Å². The highest BCUT2D eigenvalue weighted by atomic mass is 127. The second-order valence-corrected chi connectivity index (χ2v) is 6.02. The molecule has 1 aromatic rings. The molecule has 0 bridgehead atoms. The molecular weight excluding hydrogens is 451 g/mol. The van der Waals surface area contributed by atoms with Gasteiger partial charge in [-0.3, -0.25) is 4.99 Å². The fourth-order valence-electron chi connectivity index (χ4n) is 2.80. The van der Waals surface area contributed by atoms with Gasteiger partial charge in [0.15, 0.2) is 5.96 Å². The van der Waals surface area contributed by atoms with Crippen molar-refractivity contribution in [1.82, 2.24) is 15.5 Å². The topological polar surface area (TPSA) is 39.7 Å². The first-order chi connectivity index (χ1) is 11.3. The molecule has 142 valence electrons. The number of hydrogen-bond acceptors (Lipinski definition) is 2. The van der Waals surface area contributed by atoms with E-state index in [9.17, 15) is 17.6 Å². The maximum Gasteiger partial charge on any atom is 0.416 e. The summed E-state index contributed by atoms with van der Waals surface area (Å²) in [6.45, 7) is 2.65. The molecule has 0 amide bonds. The number of nitrogens with zero attached hydrogens (tertiary/aromatic N) is 2. The minimum absolute atomic E-state index is 0. The van der Waals surface area contributed by atoms with Gasteiger partial charge in [-0.05, 0) is 43.6 Å². The van der Waals surface area contributed by atoms with Gasteiger partial charge in [-0.1, -0.05) is 6.07 Å². The van der Waals surface area contributed by atoms with Crippen molar-refractivity contribution in [2.75, 3.05) is 33.7 Å². The summed E-state index contributed by atoms with van der Waals surface area (Å²) in [7, 11) is 3.62. The molecule has 0 saturated carbocycles. The smallest absolute Gasteiger partial charge is 0.356 e. The molecule has 1 unspecified atom stereocenters. The van der Waals surface area contributed by atoms with Gasteiger partial charge in [0, 0.05) is 26.7 Å². The van der Waals surface area contributed by atoms with E-state index in [4.69, 9.17) is 0 Å². The molecule has 4 nitrogen and oxygen atoms in total. The lowest BCUT2D eigenvalue weighted by Crippen LogP contribution is -2.40. The molecule has 0 radical (unpaired) electrons. The highest BCUT2D eigenvalue weighted by molar-refractivity contribution is 14.0. The van der Waals surface area contributed by atoms with E-state index in [0.29, 0.717) is 24.5 Å². The molecule has 0 aromatic heterocycles. The molecule has 25 heavy (non-hydrogen) atoms. The number of nitrogens with one attached hydrogen (secondary N) is 2. The molecule has 1 fully saturated rings. The third-order valence-corrected chi connectivity index (χ3v) is 4.09. The van der Waals surface area contributed by atoms with E-state index >= 15 is 0 Å². The molecular formula is C16H23F4IN4. The number of rotatable bonds is 4. The first-order valence-corrected chi connectivity index (χ1v) is 7.78. The lowest BCUT2D eigenvalue weighted by atomic mass is 10.1. The summed E-state index contributed by atoms with van der Waals surface area (Å²) in [5.41, 5.74) is -0.990. The molecule has 0 spiro atoms. The summed E-state index contributed by atoms with van der Waals surface area (Å²) in [6.07, 6.45) is -3.51. The molecule has 1 saturated heterocycles. The van der Waals surface area contributed by atoms with Crippen molar-refractivity contribution in [1.29, 1.82) is 0 Å². The maximum atomic E-state index is 13.1. The van der Waals surface area contributed by atoms with Gasteiger partial charge in [-0.25, -0.2) is 4.39 Å². The molecule has 0 aliphatic carbocycles. The van der Waals surface area contributed by atoms with E-state index in [0.717, 1.165) is 31.6 Å². The first kappa shape index (κ1) is 21.9. The van der Waals surface area contributed by atoms with Crippen LogP contribution in [0.25, 0.3) is 0 Å². The van der Waals surface area contributed by atoms with E-state index in [1.807, 2.05) is 0 Å². The number of halogens is 5. The average molecular weight is 474 g/mol. The van der Waals surface area contributed by atoms with Crippen molar-refractivity contribution in [3.8, 4) is 0 Å². The fraction of sp³-hybridized carbons (Fsp3) is 0.562. The zero-order valence-corrected chi connectivity index (χ0v) is 16.5. The van der Waals surface area contributed by atoms with Crippen LogP contribution in [0.2, 0.25) is 0 Å². The second kappa shape index (κ2) is 9.56. The summed E-state index contributed by atoms with van der Waals surface area (Å²) in [5.74, 6) is 0.0195. The molecule has 1 aromatic carbocycles. The highest BCUT2D eigenvalue weighted by Crippen LogP contribution is 2.32. The Labute approximate surface area is 162 Å². The molecule has 9 heteroatoms. The minimum Gasteiger partial charge on any atom is -0.356 e. The van der Waals surface area contributed by atoms with Crippen LogP contribution in [-0.4, -0.2) is 44.6 Å². The quantitative estimate of drug-likeness (QED) is 0.305. The Kier molecular flexibility index (Phi) is 8.39. The minimum atomic E-state index is -4.59. The normalized spacial score (nSPS) is 18.8. The Morgan fingerprint density at radius 2 is 2.04 bits per heavy atom. The summed E-state index contributed by atoms with van der Waals surface area (Å²) in [4.78, 5) is 6.25. The maximum absolute atomic E-state index is 13.1. The molecule has 1 aliphatic rings. The van der Waals surface area contributed by atoms with Crippen LogP contribution in [-0.2, 0) is 12.7 Å². The van der Waals surface area contributed by atoms with Crippen LogP contribution in [0.3, 0.4) is 0 Å². The SMILES string of the molecule is CN=C(NCc1ccc(F)cc1C(F)(F)F)NCC1CCN(C)C1.I. The van der Waals surface area contributed by atoms with Crippen molar-refractivity contribution >= 4 is 29.9 Å². The fourth-order valence-corrected chi connectivity index (χ4v) is 2.80. The number of likely N-dealkylation sites (tertiary alicyclic amines) is 1. The third-order valence-electron chi connectivity index (χ3n) is 4.09.